The van der Waals surface area contributed by atoms with Crippen LogP contribution in [0.4, 0.5) is 14.6 Å². The molecular weight excluding hydrogens is 470 g/mol. The zero-order valence-electron chi connectivity index (χ0n) is 19.5. The highest BCUT2D eigenvalue weighted by Crippen LogP contribution is 2.28. The Hall–Kier alpha value is -3.84. The molecule has 36 heavy (non-hydrogen) atoms. The molecule has 0 bridgehead atoms. The molecule has 3 aromatic heterocycles. The van der Waals surface area contributed by atoms with E-state index in [9.17, 15) is 13.9 Å². The average molecular weight is 497 g/mol. The van der Waals surface area contributed by atoms with Crippen LogP contribution in [0.1, 0.15) is 11.4 Å². The lowest BCUT2D eigenvalue weighted by molar-refractivity contribution is -0.0125. The Morgan fingerprint density at radius 1 is 1.03 bits per heavy atom. The van der Waals surface area contributed by atoms with E-state index in [-0.39, 0.29) is 18.7 Å². The number of aromatic nitrogens is 8. The maximum Gasteiger partial charge on any atom is 0.176 e. The van der Waals surface area contributed by atoms with Crippen LogP contribution in [0.25, 0.3) is 0 Å². The van der Waals surface area contributed by atoms with Gasteiger partial charge in [0, 0.05) is 57.0 Å². The Labute approximate surface area is 206 Å². The molecule has 0 saturated carbocycles. The van der Waals surface area contributed by atoms with Crippen LogP contribution in [-0.4, -0.2) is 82.7 Å². The summed E-state index contributed by atoms with van der Waals surface area (Å²) in [5, 5.41) is 28.0. The van der Waals surface area contributed by atoms with Gasteiger partial charge in [0.05, 0.1) is 13.1 Å². The lowest BCUT2D eigenvalue weighted by atomic mass is 9.93. The molecule has 1 aliphatic rings. The molecular formula is C23H26F2N10O. The normalized spacial score (nSPS) is 16.2. The smallest absolute Gasteiger partial charge is 0.176 e. The van der Waals surface area contributed by atoms with Crippen LogP contribution in [0.3, 0.4) is 0 Å². The van der Waals surface area contributed by atoms with Gasteiger partial charge in [0.1, 0.15) is 35.7 Å². The predicted octanol–water partition coefficient (Wildman–Crippen LogP) is 0.891. The number of nitrogens with zero attached hydrogens (tertiary/aromatic N) is 10. The second-order valence-electron chi connectivity index (χ2n) is 8.75. The lowest BCUT2D eigenvalue weighted by Gasteiger charge is -2.35. The van der Waals surface area contributed by atoms with Crippen LogP contribution < -0.4 is 4.90 Å². The third kappa shape index (κ3) is 5.52. The lowest BCUT2D eigenvalue weighted by Crippen LogP contribution is -2.47. The van der Waals surface area contributed by atoms with E-state index >= 15 is 0 Å². The number of pyridine rings is 1. The van der Waals surface area contributed by atoms with Gasteiger partial charge in [-0.15, -0.1) is 10.2 Å². The first-order valence-electron chi connectivity index (χ1n) is 11.6. The second kappa shape index (κ2) is 10.4. The second-order valence-corrected chi connectivity index (χ2v) is 8.75. The summed E-state index contributed by atoms with van der Waals surface area (Å²) >= 11 is 0. The molecule has 1 unspecified atom stereocenters. The highest BCUT2D eigenvalue weighted by atomic mass is 19.1. The molecule has 0 spiro atoms. The number of anilines is 1. The van der Waals surface area contributed by atoms with Gasteiger partial charge in [-0.25, -0.2) is 23.4 Å². The summed E-state index contributed by atoms with van der Waals surface area (Å²) in [5.74, 6) is -0.105. The number of hydrogen-bond donors (Lipinski definition) is 1. The predicted molar refractivity (Wildman–Crippen MR) is 125 cm³/mol. The average Bonchev–Trinajstić information content (AvgIpc) is 3.55. The molecule has 1 saturated heterocycles. The Morgan fingerprint density at radius 2 is 1.89 bits per heavy atom. The van der Waals surface area contributed by atoms with E-state index in [2.05, 4.69) is 40.3 Å². The SMILES string of the molecule is OC(Cn1cncn1)(Cn1nnc(CCN2CCN(c3ccccn3)CC2)n1)c1ccc(F)cc1F. The van der Waals surface area contributed by atoms with Crippen LogP contribution in [-0.2, 0) is 25.1 Å². The summed E-state index contributed by atoms with van der Waals surface area (Å²) in [6, 6.07) is 8.95. The third-order valence-corrected chi connectivity index (χ3v) is 6.22. The molecule has 0 radical (unpaired) electrons. The van der Waals surface area contributed by atoms with Crippen molar-refractivity contribution in [2.75, 3.05) is 37.6 Å². The van der Waals surface area contributed by atoms with Crippen molar-refractivity contribution in [3.8, 4) is 0 Å². The van der Waals surface area contributed by atoms with Crippen molar-refractivity contribution in [1.82, 2.24) is 44.9 Å². The Morgan fingerprint density at radius 3 is 2.61 bits per heavy atom. The van der Waals surface area contributed by atoms with E-state index in [1.807, 2.05) is 18.2 Å². The number of rotatable bonds is 9. The van der Waals surface area contributed by atoms with Crippen LogP contribution in [0, 0.1) is 11.6 Å². The van der Waals surface area contributed by atoms with Crippen LogP contribution in [0.2, 0.25) is 0 Å². The van der Waals surface area contributed by atoms with Gasteiger partial charge in [-0.1, -0.05) is 12.1 Å². The van der Waals surface area contributed by atoms with Crippen molar-refractivity contribution in [1.29, 1.82) is 0 Å². The number of aliphatic hydroxyl groups is 1. The fraction of sp³-hybridized carbons (Fsp3) is 0.391. The standard InChI is InChI=1S/C23H26F2N10O/c24-18-4-5-19(20(25)13-18)23(36,14-34-17-26-16-28-34)15-35-30-21(29-31-35)6-8-32-9-11-33(12-10-32)22-3-1-2-7-27-22/h1-5,7,13,16-17,36H,6,8-12,14-15H2. The highest BCUT2D eigenvalue weighted by molar-refractivity contribution is 5.38. The highest BCUT2D eigenvalue weighted by Gasteiger charge is 2.35. The van der Waals surface area contributed by atoms with Crippen molar-refractivity contribution in [3.05, 3.63) is 78.3 Å². The number of piperazine rings is 1. The molecule has 1 aliphatic heterocycles. The van der Waals surface area contributed by atoms with Crippen molar-refractivity contribution >= 4 is 5.82 Å². The Bertz CT molecular complexity index is 1260. The molecule has 5 rings (SSSR count). The fourth-order valence-corrected chi connectivity index (χ4v) is 4.35. The molecule has 13 heteroatoms. The first-order valence-corrected chi connectivity index (χ1v) is 11.6. The number of tetrazole rings is 1. The van der Waals surface area contributed by atoms with Crippen LogP contribution in [0.15, 0.2) is 55.2 Å². The summed E-state index contributed by atoms with van der Waals surface area (Å²) in [7, 11) is 0. The quantitative estimate of drug-likeness (QED) is 0.361. The van der Waals surface area contributed by atoms with Gasteiger partial charge in [0.2, 0.25) is 0 Å². The van der Waals surface area contributed by atoms with E-state index in [4.69, 9.17) is 0 Å². The summed E-state index contributed by atoms with van der Waals surface area (Å²) in [6.45, 7) is 3.99. The third-order valence-electron chi connectivity index (χ3n) is 6.22. The van der Waals surface area contributed by atoms with E-state index in [0.29, 0.717) is 12.2 Å². The molecule has 188 valence electrons. The molecule has 1 N–H and O–H groups in total. The number of halogens is 2. The molecule has 0 aliphatic carbocycles. The molecule has 0 amide bonds. The summed E-state index contributed by atoms with van der Waals surface area (Å²) in [5.41, 5.74) is -1.91. The van der Waals surface area contributed by atoms with Crippen molar-refractivity contribution < 1.29 is 13.9 Å². The first-order chi connectivity index (χ1) is 17.5. The van der Waals surface area contributed by atoms with E-state index in [1.165, 1.54) is 28.2 Å². The minimum absolute atomic E-state index is 0.0935. The van der Waals surface area contributed by atoms with Crippen LogP contribution in [0.5, 0.6) is 0 Å². The largest absolute Gasteiger partial charge is 0.381 e. The zero-order valence-corrected chi connectivity index (χ0v) is 19.5. The number of hydrogen-bond acceptors (Lipinski definition) is 9. The van der Waals surface area contributed by atoms with Crippen molar-refractivity contribution in [2.45, 2.75) is 25.1 Å². The van der Waals surface area contributed by atoms with E-state index in [0.717, 1.165) is 50.7 Å². The maximum atomic E-state index is 14.6. The molecule has 1 atom stereocenters. The van der Waals surface area contributed by atoms with Crippen molar-refractivity contribution in [2.24, 2.45) is 0 Å². The van der Waals surface area contributed by atoms with Gasteiger partial charge in [0.25, 0.3) is 0 Å². The molecule has 4 aromatic rings. The summed E-state index contributed by atoms with van der Waals surface area (Å²) < 4.78 is 29.5. The molecule has 1 aromatic carbocycles. The molecule has 4 heterocycles. The van der Waals surface area contributed by atoms with Gasteiger partial charge >= 0.3 is 0 Å². The minimum atomic E-state index is -1.81. The Kier molecular flexibility index (Phi) is 6.91. The molecule has 11 nitrogen and oxygen atoms in total. The fourth-order valence-electron chi connectivity index (χ4n) is 4.35. The van der Waals surface area contributed by atoms with Crippen LogP contribution >= 0.6 is 0 Å². The molecule has 1 fully saturated rings. The maximum absolute atomic E-state index is 14.6. The van der Waals surface area contributed by atoms with Crippen molar-refractivity contribution in [3.63, 3.8) is 0 Å². The summed E-state index contributed by atoms with van der Waals surface area (Å²) in [6.07, 6.45) is 5.09. The van der Waals surface area contributed by atoms with Gasteiger partial charge in [-0.2, -0.15) is 9.90 Å². The monoisotopic (exact) mass is 496 g/mol. The van der Waals surface area contributed by atoms with Gasteiger partial charge in [-0.05, 0) is 23.4 Å². The topological polar surface area (TPSA) is 114 Å². The first kappa shape index (κ1) is 23.9. The van der Waals surface area contributed by atoms with Gasteiger partial charge in [-0.3, -0.25) is 4.90 Å². The summed E-state index contributed by atoms with van der Waals surface area (Å²) in [4.78, 5) is 14.1. The van der Waals surface area contributed by atoms with E-state index in [1.54, 1.807) is 6.20 Å². The van der Waals surface area contributed by atoms with Gasteiger partial charge < -0.3 is 10.0 Å². The van der Waals surface area contributed by atoms with E-state index < -0.39 is 17.2 Å². The zero-order chi connectivity index (χ0) is 25.0. The van der Waals surface area contributed by atoms with Gasteiger partial charge in [0.15, 0.2) is 5.82 Å². The Balaban J connectivity index is 1.22. The minimum Gasteiger partial charge on any atom is -0.381 e. The number of benzene rings is 1.